The summed E-state index contributed by atoms with van der Waals surface area (Å²) in [5.41, 5.74) is 4.75. The average molecular weight is 478 g/mol. The molecule has 5 nitrogen and oxygen atoms in total. The molecule has 0 spiro atoms. The Hall–Kier alpha value is -3.28. The van der Waals surface area contributed by atoms with E-state index < -0.39 is 0 Å². The molecule has 0 saturated heterocycles. The van der Waals surface area contributed by atoms with Crippen molar-refractivity contribution in [1.82, 2.24) is 15.1 Å². The molecule has 166 valence electrons. The number of halogens is 2. The zero-order valence-electron chi connectivity index (χ0n) is 17.9. The molecule has 0 radical (unpaired) electrons. The van der Waals surface area contributed by atoms with Crippen LogP contribution in [0, 0.1) is 0 Å². The number of rotatable bonds is 6. The summed E-state index contributed by atoms with van der Waals surface area (Å²) in [5, 5.41) is 8.76. The number of nitrogens with one attached hydrogen (secondary N) is 1. The van der Waals surface area contributed by atoms with Gasteiger partial charge in [-0.25, -0.2) is 0 Å². The summed E-state index contributed by atoms with van der Waals surface area (Å²) >= 11 is 12.5. The van der Waals surface area contributed by atoms with Crippen LogP contribution in [0.4, 0.5) is 0 Å². The number of aromatic amines is 1. The molecule has 1 aromatic heterocycles. The number of hydrogen-bond acceptors (Lipinski definition) is 3. The number of benzene rings is 3. The van der Waals surface area contributed by atoms with Gasteiger partial charge in [-0.05, 0) is 48.4 Å². The van der Waals surface area contributed by atoms with Gasteiger partial charge in [-0.15, -0.1) is 0 Å². The lowest BCUT2D eigenvalue weighted by molar-refractivity contribution is 0.0730. The van der Waals surface area contributed by atoms with Crippen LogP contribution in [0.1, 0.15) is 40.1 Å². The van der Waals surface area contributed by atoms with Crippen molar-refractivity contribution >= 4 is 29.1 Å². The summed E-state index contributed by atoms with van der Waals surface area (Å²) in [6.07, 6.45) is 0. The smallest absolute Gasteiger partial charge is 0.273 e. The van der Waals surface area contributed by atoms with Gasteiger partial charge >= 0.3 is 0 Å². The highest BCUT2D eigenvalue weighted by molar-refractivity contribution is 6.31. The van der Waals surface area contributed by atoms with Gasteiger partial charge in [-0.2, -0.15) is 5.10 Å². The Labute approximate surface area is 201 Å². The van der Waals surface area contributed by atoms with E-state index in [1.165, 1.54) is 0 Å². The molecule has 1 aliphatic heterocycles. The standard InChI is InChI=1S/C26H21Cl2N3O2/c1-2-33-20-8-5-7-17(14-20)25-22-23(16-10-12-19(27)13-11-16)29-30-24(22)26(32)31(25)15-18-6-3-4-9-21(18)28/h3-14,25H,2,15H2,1H3,(H,29,30). The lowest BCUT2D eigenvalue weighted by Gasteiger charge is -2.27. The summed E-state index contributed by atoms with van der Waals surface area (Å²) in [7, 11) is 0. The van der Waals surface area contributed by atoms with Crippen LogP contribution in [0.3, 0.4) is 0 Å². The molecule has 1 atom stereocenters. The van der Waals surface area contributed by atoms with Crippen molar-refractivity contribution in [3.05, 3.63) is 105 Å². The van der Waals surface area contributed by atoms with Crippen LogP contribution >= 0.6 is 23.2 Å². The van der Waals surface area contributed by atoms with Gasteiger partial charge in [0.05, 0.1) is 18.3 Å². The summed E-state index contributed by atoms with van der Waals surface area (Å²) < 4.78 is 5.74. The first-order valence-corrected chi connectivity index (χ1v) is 11.4. The molecule has 3 aromatic carbocycles. The minimum Gasteiger partial charge on any atom is -0.494 e. The predicted molar refractivity (Wildman–Crippen MR) is 130 cm³/mol. The Kier molecular flexibility index (Phi) is 5.83. The second kappa shape index (κ2) is 8.93. The molecule has 0 aliphatic carbocycles. The Morgan fingerprint density at radius 3 is 2.58 bits per heavy atom. The summed E-state index contributed by atoms with van der Waals surface area (Å²) in [4.78, 5) is 15.4. The molecule has 33 heavy (non-hydrogen) atoms. The molecule has 1 aliphatic rings. The molecule has 0 bridgehead atoms. The van der Waals surface area contributed by atoms with Crippen LogP contribution in [0.2, 0.25) is 10.0 Å². The maximum atomic E-state index is 13.6. The van der Waals surface area contributed by atoms with Gasteiger partial charge in [0, 0.05) is 27.7 Å². The van der Waals surface area contributed by atoms with Crippen molar-refractivity contribution < 1.29 is 9.53 Å². The third-order valence-electron chi connectivity index (χ3n) is 5.76. The van der Waals surface area contributed by atoms with E-state index in [2.05, 4.69) is 10.2 Å². The predicted octanol–water partition coefficient (Wildman–Crippen LogP) is 6.53. The van der Waals surface area contributed by atoms with E-state index in [9.17, 15) is 4.79 Å². The zero-order valence-corrected chi connectivity index (χ0v) is 19.4. The fourth-order valence-electron chi connectivity index (χ4n) is 4.29. The average Bonchev–Trinajstić information content (AvgIpc) is 3.36. The summed E-state index contributed by atoms with van der Waals surface area (Å²) in [5.74, 6) is 0.634. The van der Waals surface area contributed by atoms with Gasteiger partial charge in [0.25, 0.3) is 5.91 Å². The van der Waals surface area contributed by atoms with Crippen molar-refractivity contribution in [3.63, 3.8) is 0 Å². The van der Waals surface area contributed by atoms with Crippen molar-refractivity contribution in [3.8, 4) is 17.0 Å². The fraction of sp³-hybridized carbons (Fsp3) is 0.154. The lowest BCUT2D eigenvalue weighted by atomic mass is 9.95. The largest absolute Gasteiger partial charge is 0.494 e. The summed E-state index contributed by atoms with van der Waals surface area (Å²) in [6, 6.07) is 22.5. The van der Waals surface area contributed by atoms with Crippen LogP contribution in [0.25, 0.3) is 11.3 Å². The normalized spacial score (nSPS) is 15.1. The number of aromatic nitrogens is 2. The van der Waals surface area contributed by atoms with E-state index in [0.717, 1.165) is 33.7 Å². The Morgan fingerprint density at radius 1 is 1.03 bits per heavy atom. The monoisotopic (exact) mass is 477 g/mol. The number of H-pyrrole nitrogens is 1. The first kappa shape index (κ1) is 21.6. The number of ether oxygens (including phenoxy) is 1. The number of nitrogens with zero attached hydrogens (tertiary/aromatic N) is 2. The first-order valence-electron chi connectivity index (χ1n) is 10.7. The number of amides is 1. The van der Waals surface area contributed by atoms with Gasteiger partial charge < -0.3 is 9.64 Å². The van der Waals surface area contributed by atoms with Gasteiger partial charge in [0.15, 0.2) is 0 Å². The van der Waals surface area contributed by atoms with Crippen LogP contribution in [0.15, 0.2) is 72.8 Å². The SMILES string of the molecule is CCOc1cccc(C2c3c(-c4ccc(Cl)cc4)n[nH]c3C(=O)N2Cc2ccccc2Cl)c1. The van der Waals surface area contributed by atoms with Crippen molar-refractivity contribution in [1.29, 1.82) is 0 Å². The van der Waals surface area contributed by atoms with Crippen LogP contribution in [-0.4, -0.2) is 27.6 Å². The van der Waals surface area contributed by atoms with E-state index in [0.29, 0.717) is 28.9 Å². The van der Waals surface area contributed by atoms with E-state index in [4.69, 9.17) is 27.9 Å². The van der Waals surface area contributed by atoms with Crippen LogP contribution in [0.5, 0.6) is 5.75 Å². The minimum absolute atomic E-state index is 0.121. The van der Waals surface area contributed by atoms with Crippen molar-refractivity contribution in [2.45, 2.75) is 19.5 Å². The van der Waals surface area contributed by atoms with E-state index in [1.54, 1.807) is 0 Å². The second-order valence-electron chi connectivity index (χ2n) is 7.80. The number of carbonyl (C=O) groups is 1. The van der Waals surface area contributed by atoms with Gasteiger partial charge in [-0.1, -0.05) is 65.7 Å². The third-order valence-corrected chi connectivity index (χ3v) is 6.39. The quantitative estimate of drug-likeness (QED) is 0.343. The van der Waals surface area contributed by atoms with Crippen molar-refractivity contribution in [2.24, 2.45) is 0 Å². The Morgan fingerprint density at radius 2 is 1.82 bits per heavy atom. The van der Waals surface area contributed by atoms with E-state index >= 15 is 0 Å². The number of fused-ring (bicyclic) bond motifs is 1. The molecular formula is C26H21Cl2N3O2. The number of carbonyl (C=O) groups excluding carboxylic acids is 1. The highest BCUT2D eigenvalue weighted by Crippen LogP contribution is 2.44. The zero-order chi connectivity index (χ0) is 22.9. The van der Waals surface area contributed by atoms with Crippen LogP contribution in [-0.2, 0) is 6.54 Å². The Bertz CT molecular complexity index is 1320. The van der Waals surface area contributed by atoms with Gasteiger partial charge in [0.1, 0.15) is 11.4 Å². The maximum Gasteiger partial charge on any atom is 0.273 e. The number of hydrogen-bond donors (Lipinski definition) is 1. The second-order valence-corrected chi connectivity index (χ2v) is 8.64. The Balaban J connectivity index is 1.65. The molecule has 1 N–H and O–H groups in total. The fourth-order valence-corrected chi connectivity index (χ4v) is 4.61. The molecule has 5 rings (SSSR count). The first-order chi connectivity index (χ1) is 16.1. The lowest BCUT2D eigenvalue weighted by Crippen LogP contribution is -2.29. The highest BCUT2D eigenvalue weighted by Gasteiger charge is 2.42. The molecule has 1 unspecified atom stereocenters. The molecule has 2 heterocycles. The third kappa shape index (κ3) is 3.99. The van der Waals surface area contributed by atoms with Gasteiger partial charge in [-0.3, -0.25) is 9.89 Å². The maximum absolute atomic E-state index is 13.6. The molecule has 1 amide bonds. The van der Waals surface area contributed by atoms with Crippen molar-refractivity contribution in [2.75, 3.05) is 6.61 Å². The molecular weight excluding hydrogens is 457 g/mol. The van der Waals surface area contributed by atoms with Crippen LogP contribution < -0.4 is 4.74 Å². The molecule has 7 heteroatoms. The van der Waals surface area contributed by atoms with E-state index in [1.807, 2.05) is 84.6 Å². The molecule has 0 fully saturated rings. The van der Waals surface area contributed by atoms with E-state index in [-0.39, 0.29) is 11.9 Å². The summed E-state index contributed by atoms with van der Waals surface area (Å²) in [6.45, 7) is 2.87. The minimum atomic E-state index is -0.353. The molecule has 4 aromatic rings. The topological polar surface area (TPSA) is 58.2 Å². The van der Waals surface area contributed by atoms with Gasteiger partial charge in [0.2, 0.25) is 0 Å². The highest BCUT2D eigenvalue weighted by atomic mass is 35.5. The molecule has 0 saturated carbocycles.